The van der Waals surface area contributed by atoms with Crippen molar-refractivity contribution in [3.8, 4) is 0 Å². The number of amides is 28. The van der Waals surface area contributed by atoms with Gasteiger partial charge >= 0.3 is 11.9 Å². The first-order chi connectivity index (χ1) is 66.7. The van der Waals surface area contributed by atoms with E-state index in [0.29, 0.717) is 0 Å². The molecule has 0 spiro atoms. The van der Waals surface area contributed by atoms with E-state index in [9.17, 15) is 154 Å². The third kappa shape index (κ3) is 35.4. The number of carboxylic acid groups (broad SMARTS) is 2. The van der Waals surface area contributed by atoms with Crippen LogP contribution in [-0.2, 0) is 144 Å². The molecule has 0 saturated carbocycles. The summed E-state index contributed by atoms with van der Waals surface area (Å²) in [6, 6.07) is -34.5. The van der Waals surface area contributed by atoms with Crippen LogP contribution in [-0.4, -0.2) is 366 Å². The van der Waals surface area contributed by atoms with Crippen LogP contribution in [0.1, 0.15) is 170 Å². The second-order valence-corrected chi connectivity index (χ2v) is 35.2. The van der Waals surface area contributed by atoms with Crippen LogP contribution in [0.5, 0.6) is 0 Å². The predicted octanol–water partition coefficient (Wildman–Crippen LogP) is -17.8. The number of rotatable bonds is 55. The fourth-order valence-corrected chi connectivity index (χ4v) is 16.3. The fourth-order valence-electron chi connectivity index (χ4n) is 16.3. The van der Waals surface area contributed by atoms with Crippen LogP contribution in [0.3, 0.4) is 0 Å². The predicted molar refractivity (Wildman–Crippen MR) is 480 cm³/mol. The Labute approximate surface area is 814 Å². The van der Waals surface area contributed by atoms with E-state index in [-0.39, 0.29) is 96.9 Å². The Morgan fingerprint density at radius 3 is 0.650 bits per heavy atom. The molecule has 5 aliphatic heterocycles. The van der Waals surface area contributed by atoms with Crippen LogP contribution < -0.4 is 132 Å². The molecule has 5 heterocycles. The number of primary amides is 9. The van der Waals surface area contributed by atoms with Gasteiger partial charge in [-0.1, -0.05) is 13.8 Å². The van der Waals surface area contributed by atoms with E-state index in [0.717, 1.165) is 45.3 Å². The third-order valence-corrected chi connectivity index (χ3v) is 23.4. The van der Waals surface area contributed by atoms with Gasteiger partial charge in [0, 0.05) is 32.7 Å². The zero-order valence-electron chi connectivity index (χ0n) is 79.0. The van der Waals surface area contributed by atoms with E-state index in [1.165, 1.54) is 20.8 Å². The van der Waals surface area contributed by atoms with Crippen LogP contribution in [0.4, 0.5) is 0 Å². The van der Waals surface area contributed by atoms with Crippen molar-refractivity contribution in [3.63, 3.8) is 0 Å². The molecule has 61 heteroatoms. The minimum atomic E-state index is -2.05. The molecule has 0 aromatic heterocycles. The lowest BCUT2D eigenvalue weighted by atomic mass is 10.0. The molecule has 0 aliphatic carbocycles. The molecule has 0 unspecified atom stereocenters. The summed E-state index contributed by atoms with van der Waals surface area (Å²) in [5.74, 6) is -36.6. The van der Waals surface area contributed by atoms with Gasteiger partial charge in [0.1, 0.15) is 115 Å². The van der Waals surface area contributed by atoms with Gasteiger partial charge in [-0.2, -0.15) is 0 Å². The summed E-state index contributed by atoms with van der Waals surface area (Å²) >= 11 is 0. The van der Waals surface area contributed by atoms with E-state index in [2.05, 4.69) is 74.4 Å². The van der Waals surface area contributed by atoms with E-state index in [4.69, 9.17) is 57.3 Å². The monoisotopic (exact) mass is 2030 g/mol. The number of likely N-dealkylation sites (tertiary alicyclic amines) is 5. The van der Waals surface area contributed by atoms with E-state index < -0.39 is 368 Å². The number of aliphatic carboxylic acids is 2. The molecular weight excluding hydrogens is 1900 g/mol. The number of nitrogens with two attached hydrogens (primary N) is 10. The van der Waals surface area contributed by atoms with E-state index >= 15 is 0 Å². The zero-order chi connectivity index (χ0) is 108. The molecule has 61 nitrogen and oxygen atoms in total. The topological polar surface area (TPSA) is 997 Å². The molecule has 0 radical (unpaired) electrons. The molecule has 0 bridgehead atoms. The lowest BCUT2D eigenvalue weighted by molar-refractivity contribution is -0.149. The highest BCUT2D eigenvalue weighted by Crippen LogP contribution is 2.27. The van der Waals surface area contributed by atoms with Crippen molar-refractivity contribution in [1.82, 2.24) is 98.9 Å². The minimum absolute atomic E-state index is 0.0152. The lowest BCUT2D eigenvalue weighted by Gasteiger charge is -2.31. The van der Waals surface area contributed by atoms with Crippen LogP contribution in [0.25, 0.3) is 0 Å². The van der Waals surface area contributed by atoms with Gasteiger partial charge in [0.05, 0.1) is 70.3 Å². The molecular formula is C82H125N29O32. The first-order valence-corrected chi connectivity index (χ1v) is 45.3. The smallest absolute Gasteiger partial charge is 0.326 e. The second-order valence-electron chi connectivity index (χ2n) is 35.2. The number of carbonyl (C=O) groups is 30. The maximum atomic E-state index is 14.5. The van der Waals surface area contributed by atoms with Gasteiger partial charge < -0.3 is 166 Å². The van der Waals surface area contributed by atoms with Crippen LogP contribution in [0, 0.1) is 5.92 Å². The summed E-state index contributed by atoms with van der Waals surface area (Å²) in [5, 5.41) is 51.2. The Morgan fingerprint density at radius 1 is 0.238 bits per heavy atom. The maximum Gasteiger partial charge on any atom is 0.326 e. The second kappa shape index (κ2) is 54.0. The number of nitrogens with zero attached hydrogens (tertiary/aromatic N) is 5. The Kier molecular flexibility index (Phi) is 44.4. The fraction of sp³-hybridized carbons (Fsp3) is 0.634. The number of carboxylic acids is 2. The Hall–Kier alpha value is -15.9. The maximum absolute atomic E-state index is 14.5. The molecule has 790 valence electrons. The zero-order valence-corrected chi connectivity index (χ0v) is 79.0. The quantitative estimate of drug-likeness (QED) is 0.0269. The van der Waals surface area contributed by atoms with Crippen LogP contribution in [0.15, 0.2) is 0 Å². The minimum Gasteiger partial charge on any atom is -0.481 e. The standard InChI is InChI=1S/C82H125N29O32/c1-32(2)62(76(136)105-46(31-61(121)122)81(141)110-20-10-15-50(110)74(134)99-40(25-55(87)115)70(130)96-36(6)66(126)104-45(30-60(92)120)80(140)111-21-11-16-51(111)82(142)143)106-71(131)41(26-56(88)116)100-75(135)49-14-9-19-109(49)79(139)44(29-59(91)119)103-65(125)35(5)95-69(129)39(24-54(86)114)98-73(133)48-13-8-18-108(48)78(138)43(28-58(90)118)102-64(124)34(4)94-68(128)38(23-53(85)113)97-72(132)47-12-7-17-107(47)77(137)42(27-57(89)117)101-63(123)33(3)93-67(127)37(83)22-52(84)112/h32-51,62H,7-31,83H2,1-6H3,(H2,84,112)(H2,85,113)(H2,86,114)(H2,87,115)(H2,88,116)(H2,89,117)(H2,90,118)(H2,91,119)(H2,92,120)(H,93,127)(H,94,128)(H,95,129)(H,96,130)(H,97,132)(H,98,133)(H,99,134)(H,100,135)(H,101,123)(H,102,124)(H,103,125)(H,104,126)(H,105,136)(H,106,131)(H,121,122)(H,142,143)/t33-,34-,35-,36-,37-,38-,39-,40-,41-,42-,43-,44-,45-,46-,47-,48-,49-,50-,51-,62-/m0/s1. The third-order valence-electron chi connectivity index (χ3n) is 23.4. The van der Waals surface area contributed by atoms with E-state index in [1.54, 1.807) is 0 Å². The molecule has 5 rings (SSSR count). The Balaban J connectivity index is 1.22. The number of carbonyl (C=O) groups excluding carboxylic acids is 28. The van der Waals surface area contributed by atoms with Crippen molar-refractivity contribution in [2.24, 2.45) is 63.3 Å². The normalized spacial score (nSPS) is 19.5. The molecule has 20 atom stereocenters. The number of hydrogen-bond acceptors (Lipinski definition) is 31. The average molecular weight is 2030 g/mol. The van der Waals surface area contributed by atoms with Gasteiger partial charge in [-0.3, -0.25) is 139 Å². The summed E-state index contributed by atoms with van der Waals surface area (Å²) in [6.07, 6.45) is -9.37. The van der Waals surface area contributed by atoms with Crippen molar-refractivity contribution in [1.29, 1.82) is 0 Å². The highest BCUT2D eigenvalue weighted by molar-refractivity contribution is 6.06. The van der Waals surface area contributed by atoms with Crippen molar-refractivity contribution in [3.05, 3.63) is 0 Å². The molecule has 5 fully saturated rings. The Bertz CT molecular complexity index is 4960. The molecule has 5 aliphatic rings. The summed E-state index contributed by atoms with van der Waals surface area (Å²) in [7, 11) is 0. The van der Waals surface area contributed by atoms with Gasteiger partial charge in [-0.05, 0) is 97.8 Å². The number of nitrogens with one attached hydrogen (secondary N) is 14. The molecule has 0 aromatic carbocycles. The number of hydrogen-bond donors (Lipinski definition) is 26. The van der Waals surface area contributed by atoms with Gasteiger partial charge in [-0.15, -0.1) is 0 Å². The van der Waals surface area contributed by atoms with Crippen molar-refractivity contribution >= 4 is 177 Å². The average Bonchev–Trinajstić information content (AvgIpc) is 1.72. The SMILES string of the molecule is CC(C)[C@H](NC(=O)[C@H](CC(N)=O)NC(=O)[C@@H]1CCCN1C(=O)[C@H](CC(N)=O)NC(=O)[C@H](C)NC(=O)[C@H](CC(N)=O)NC(=O)[C@@H]1CCCN1C(=O)[C@H](CC(N)=O)NC(=O)[C@H](C)NC(=O)[C@H](CC(N)=O)NC(=O)[C@@H]1CCCN1C(=O)[C@H](CC(N)=O)NC(=O)[C@H](C)NC(=O)[C@@H](N)CC(N)=O)C(=O)N[C@@H](CC(=O)O)C(=O)N1CCC[C@H]1C(=O)N[C@@H](CC(N)=O)C(=O)N[C@@H](C)C(=O)N[C@@H](CC(N)=O)C(=O)N1CCC[C@H]1C(=O)O. The van der Waals surface area contributed by atoms with E-state index in [1.807, 2.05) is 0 Å². The summed E-state index contributed by atoms with van der Waals surface area (Å²) in [4.78, 5) is 403. The molecule has 143 heavy (non-hydrogen) atoms. The first-order valence-electron chi connectivity index (χ1n) is 45.3. The van der Waals surface area contributed by atoms with Crippen molar-refractivity contribution in [2.75, 3.05) is 32.7 Å². The summed E-state index contributed by atoms with van der Waals surface area (Å²) in [6.45, 7) is 5.98. The van der Waals surface area contributed by atoms with Crippen LogP contribution in [0.2, 0.25) is 0 Å². The highest BCUT2D eigenvalue weighted by atomic mass is 16.4. The molecule has 0 aromatic rings. The highest BCUT2D eigenvalue weighted by Gasteiger charge is 2.48. The molecule has 5 saturated heterocycles. The van der Waals surface area contributed by atoms with Gasteiger partial charge in [0.2, 0.25) is 165 Å². The molecule has 28 amide bonds. The van der Waals surface area contributed by atoms with Gasteiger partial charge in [-0.25, -0.2) is 4.79 Å². The summed E-state index contributed by atoms with van der Waals surface area (Å²) in [5.41, 5.74) is 54.3. The van der Waals surface area contributed by atoms with Crippen molar-refractivity contribution < 1.29 is 154 Å². The van der Waals surface area contributed by atoms with Gasteiger partial charge in [0.15, 0.2) is 0 Å². The first kappa shape index (κ1) is 118. The Morgan fingerprint density at radius 2 is 0.434 bits per heavy atom. The van der Waals surface area contributed by atoms with Crippen molar-refractivity contribution in [2.45, 2.75) is 291 Å². The lowest BCUT2D eigenvalue weighted by Crippen LogP contribution is -2.61. The van der Waals surface area contributed by atoms with Gasteiger partial charge in [0.25, 0.3) is 0 Å². The largest absolute Gasteiger partial charge is 0.481 e. The molecule has 36 N–H and O–H groups in total. The summed E-state index contributed by atoms with van der Waals surface area (Å²) < 4.78 is 0. The van der Waals surface area contributed by atoms with Crippen LogP contribution >= 0.6 is 0 Å².